The predicted molar refractivity (Wildman–Crippen MR) is 43.7 cm³/mol. The van der Waals surface area contributed by atoms with Gasteiger partial charge in [0, 0.05) is 24.5 Å². The number of carbonyl (C=O) groups excluding carboxylic acids is 1. The first-order valence-electron chi connectivity index (χ1n) is 3.91. The second-order valence-electron chi connectivity index (χ2n) is 2.90. The summed E-state index contributed by atoms with van der Waals surface area (Å²) in [7, 11) is 0. The Kier molecular flexibility index (Phi) is 1.90. The molecule has 2 rings (SSSR count). The molecule has 0 bridgehead atoms. The second-order valence-corrected chi connectivity index (χ2v) is 2.90. The lowest BCUT2D eigenvalue weighted by atomic mass is 10.2. The van der Waals surface area contributed by atoms with Crippen molar-refractivity contribution in [2.24, 2.45) is 5.18 Å². The Morgan fingerprint density at radius 1 is 1.77 bits per heavy atom. The van der Waals surface area contributed by atoms with Gasteiger partial charge in [0.2, 0.25) is 0 Å². The van der Waals surface area contributed by atoms with Crippen LogP contribution in [0, 0.1) is 4.91 Å². The number of hydrogen-bond donors (Lipinski definition) is 1. The monoisotopic (exact) mass is 180 g/mol. The molecule has 1 amide bonds. The quantitative estimate of drug-likeness (QED) is 0.599. The summed E-state index contributed by atoms with van der Waals surface area (Å²) in [6.45, 7) is 0.978. The molecule has 0 spiro atoms. The predicted octanol–water partition coefficient (Wildman–Crippen LogP) is -0.352. The average molecular weight is 180 g/mol. The van der Waals surface area contributed by atoms with Crippen molar-refractivity contribution in [3.05, 3.63) is 23.1 Å². The summed E-state index contributed by atoms with van der Waals surface area (Å²) in [5.74, 6) is -0.653. The molecule has 1 atom stereocenters. The van der Waals surface area contributed by atoms with Crippen LogP contribution >= 0.6 is 0 Å². The number of nitroso groups, excluding NO2 is 1. The zero-order valence-electron chi connectivity index (χ0n) is 6.80. The van der Waals surface area contributed by atoms with Gasteiger partial charge in [-0.1, -0.05) is 0 Å². The fourth-order valence-electron chi connectivity index (χ4n) is 1.38. The van der Waals surface area contributed by atoms with Gasteiger partial charge in [-0.2, -0.15) is 0 Å². The van der Waals surface area contributed by atoms with Crippen molar-refractivity contribution in [1.29, 1.82) is 0 Å². The van der Waals surface area contributed by atoms with Crippen molar-refractivity contribution < 1.29 is 4.79 Å². The molecular weight excluding hydrogens is 172 g/mol. The topological polar surface area (TPSA) is 76.3 Å². The second kappa shape index (κ2) is 3.06. The van der Waals surface area contributed by atoms with Gasteiger partial charge in [-0.3, -0.25) is 10.1 Å². The first kappa shape index (κ1) is 8.06. The van der Waals surface area contributed by atoms with E-state index in [1.807, 2.05) is 4.57 Å². The van der Waals surface area contributed by atoms with Crippen molar-refractivity contribution in [2.45, 2.75) is 19.1 Å². The van der Waals surface area contributed by atoms with E-state index in [1.54, 1.807) is 12.5 Å². The number of nitrogens with one attached hydrogen (secondary N) is 1. The zero-order valence-corrected chi connectivity index (χ0v) is 6.80. The molecule has 0 radical (unpaired) electrons. The van der Waals surface area contributed by atoms with Gasteiger partial charge in [0.25, 0.3) is 0 Å². The molecule has 1 aromatic rings. The van der Waals surface area contributed by atoms with Gasteiger partial charge in [-0.05, 0) is 0 Å². The summed E-state index contributed by atoms with van der Waals surface area (Å²) in [6, 6.07) is -0.501. The molecule has 0 fully saturated rings. The third kappa shape index (κ3) is 1.35. The average Bonchev–Trinajstić information content (AvgIpc) is 2.63. The van der Waals surface area contributed by atoms with Crippen LogP contribution in [0.25, 0.3) is 0 Å². The van der Waals surface area contributed by atoms with Gasteiger partial charge >= 0.3 is 5.91 Å². The summed E-state index contributed by atoms with van der Waals surface area (Å²) in [4.78, 5) is 24.8. The van der Waals surface area contributed by atoms with E-state index in [0.29, 0.717) is 13.1 Å². The maximum absolute atomic E-state index is 10.9. The van der Waals surface area contributed by atoms with Crippen molar-refractivity contribution >= 4 is 5.91 Å². The van der Waals surface area contributed by atoms with Gasteiger partial charge in [0.05, 0.1) is 12.0 Å². The Bertz CT molecular complexity index is 346. The van der Waals surface area contributed by atoms with E-state index in [4.69, 9.17) is 0 Å². The van der Waals surface area contributed by atoms with Crippen LogP contribution in [0.4, 0.5) is 0 Å². The van der Waals surface area contributed by atoms with Gasteiger partial charge in [-0.25, -0.2) is 4.98 Å². The van der Waals surface area contributed by atoms with E-state index in [9.17, 15) is 9.70 Å². The number of rotatable bonds is 1. The maximum atomic E-state index is 10.9. The molecule has 68 valence electrons. The Balaban J connectivity index is 2.17. The Morgan fingerprint density at radius 3 is 3.38 bits per heavy atom. The minimum atomic E-state index is -0.653. The minimum absolute atomic E-state index is 0.430. The molecular formula is C7H8N4O2. The van der Waals surface area contributed by atoms with Gasteiger partial charge in [0.15, 0.2) is 0 Å². The van der Waals surface area contributed by atoms with E-state index in [-0.39, 0.29) is 0 Å². The maximum Gasteiger partial charge on any atom is 0.304 e. The summed E-state index contributed by atoms with van der Waals surface area (Å²) in [5, 5.41) is 5.29. The van der Waals surface area contributed by atoms with Crippen LogP contribution in [0.2, 0.25) is 0 Å². The lowest BCUT2D eigenvalue weighted by Gasteiger charge is -2.21. The van der Waals surface area contributed by atoms with Crippen molar-refractivity contribution in [1.82, 2.24) is 14.9 Å². The SMILES string of the molecule is O=NC(=O)C1Cn2cncc2CN1. The molecule has 1 aliphatic rings. The number of aromatic nitrogens is 2. The molecule has 1 aromatic heterocycles. The molecule has 1 unspecified atom stereocenters. The zero-order chi connectivity index (χ0) is 9.26. The molecule has 0 saturated carbocycles. The molecule has 0 aliphatic carbocycles. The molecule has 0 aromatic carbocycles. The van der Waals surface area contributed by atoms with Crippen LogP contribution in [-0.4, -0.2) is 21.5 Å². The summed E-state index contributed by atoms with van der Waals surface area (Å²) in [5.41, 5.74) is 1.01. The van der Waals surface area contributed by atoms with Gasteiger partial charge in [0.1, 0.15) is 6.04 Å². The standard InChI is InChI=1S/C7H8N4O2/c12-7(10-13)6-3-11-4-8-1-5(11)2-9-6/h1,4,6,9H,2-3H2. The highest BCUT2D eigenvalue weighted by Gasteiger charge is 2.24. The van der Waals surface area contributed by atoms with E-state index in [0.717, 1.165) is 5.69 Å². The number of carbonyl (C=O) groups is 1. The van der Waals surface area contributed by atoms with Crippen LogP contribution in [0.15, 0.2) is 17.7 Å². The van der Waals surface area contributed by atoms with E-state index in [1.165, 1.54) is 0 Å². The molecule has 1 aliphatic heterocycles. The smallest absolute Gasteiger partial charge is 0.304 e. The highest BCUT2D eigenvalue weighted by atomic mass is 16.3. The fraction of sp³-hybridized carbons (Fsp3) is 0.429. The molecule has 1 N–H and O–H groups in total. The lowest BCUT2D eigenvalue weighted by Crippen LogP contribution is -2.43. The van der Waals surface area contributed by atoms with Crippen LogP contribution in [0.3, 0.4) is 0 Å². The minimum Gasteiger partial charge on any atom is -0.331 e. The third-order valence-corrected chi connectivity index (χ3v) is 2.10. The number of nitrogens with zero attached hydrogens (tertiary/aromatic N) is 3. The van der Waals surface area contributed by atoms with Crippen LogP contribution in [0.5, 0.6) is 0 Å². The van der Waals surface area contributed by atoms with E-state index < -0.39 is 11.9 Å². The number of imidazole rings is 1. The Labute approximate surface area is 73.9 Å². The first-order chi connectivity index (χ1) is 6.31. The van der Waals surface area contributed by atoms with Crippen molar-refractivity contribution in [2.75, 3.05) is 0 Å². The van der Waals surface area contributed by atoms with E-state index in [2.05, 4.69) is 15.5 Å². The number of fused-ring (bicyclic) bond motifs is 1. The molecule has 2 heterocycles. The van der Waals surface area contributed by atoms with Crippen LogP contribution < -0.4 is 5.32 Å². The normalized spacial score (nSPS) is 20.8. The molecule has 0 saturated heterocycles. The van der Waals surface area contributed by atoms with Crippen molar-refractivity contribution in [3.63, 3.8) is 0 Å². The molecule has 6 heteroatoms. The number of hydrogen-bond acceptors (Lipinski definition) is 4. The van der Waals surface area contributed by atoms with Crippen molar-refractivity contribution in [3.8, 4) is 0 Å². The summed E-state index contributed by atoms with van der Waals surface area (Å²) < 4.78 is 1.84. The largest absolute Gasteiger partial charge is 0.331 e. The highest BCUT2D eigenvalue weighted by molar-refractivity contribution is 5.82. The molecule has 6 nitrogen and oxygen atoms in total. The lowest BCUT2D eigenvalue weighted by molar-refractivity contribution is -0.120. The summed E-state index contributed by atoms with van der Waals surface area (Å²) >= 11 is 0. The Morgan fingerprint density at radius 2 is 2.62 bits per heavy atom. The van der Waals surface area contributed by atoms with Gasteiger partial charge < -0.3 is 4.57 Å². The molecule has 13 heavy (non-hydrogen) atoms. The first-order valence-corrected chi connectivity index (χ1v) is 3.91. The van der Waals surface area contributed by atoms with E-state index >= 15 is 0 Å². The summed E-state index contributed by atoms with van der Waals surface area (Å²) in [6.07, 6.45) is 3.36. The fourth-order valence-corrected chi connectivity index (χ4v) is 1.38. The third-order valence-electron chi connectivity index (χ3n) is 2.10. The highest BCUT2D eigenvalue weighted by Crippen LogP contribution is 2.08. The van der Waals surface area contributed by atoms with Gasteiger partial charge in [-0.15, -0.1) is 4.91 Å². The van der Waals surface area contributed by atoms with Crippen LogP contribution in [-0.2, 0) is 17.9 Å². The number of amides is 1. The van der Waals surface area contributed by atoms with Crippen LogP contribution in [0.1, 0.15) is 5.69 Å². The Hall–Kier alpha value is -1.56.